The van der Waals surface area contributed by atoms with Gasteiger partial charge in [0.2, 0.25) is 5.82 Å². The average Bonchev–Trinajstić information content (AvgIpc) is 3.25. The van der Waals surface area contributed by atoms with Crippen molar-refractivity contribution in [3.63, 3.8) is 0 Å². The predicted molar refractivity (Wildman–Crippen MR) is 97.2 cm³/mol. The number of furan rings is 1. The Labute approximate surface area is 161 Å². The molecule has 2 aromatic heterocycles. The van der Waals surface area contributed by atoms with Gasteiger partial charge in [-0.25, -0.2) is 0 Å². The van der Waals surface area contributed by atoms with Gasteiger partial charge in [-0.1, -0.05) is 46.0 Å². The summed E-state index contributed by atoms with van der Waals surface area (Å²) in [5, 5.41) is 24.1. The highest BCUT2D eigenvalue weighted by molar-refractivity contribution is 6.39. The van der Waals surface area contributed by atoms with E-state index in [4.69, 9.17) is 43.7 Å². The van der Waals surface area contributed by atoms with Crippen LogP contribution in [0.1, 0.15) is 11.9 Å². The molecule has 2 heterocycles. The van der Waals surface area contributed by atoms with E-state index in [1.54, 1.807) is 24.3 Å². The van der Waals surface area contributed by atoms with Crippen LogP contribution in [0, 0.1) is 0 Å². The Hall–Kier alpha value is -2.09. The number of rotatable bonds is 3. The summed E-state index contributed by atoms with van der Waals surface area (Å²) in [7, 11) is 0. The summed E-state index contributed by atoms with van der Waals surface area (Å²) in [6, 6.07) is 9.45. The number of aromatic nitrogens is 2. The van der Waals surface area contributed by atoms with E-state index >= 15 is 0 Å². The molecule has 0 radical (unpaired) electrons. The van der Waals surface area contributed by atoms with Crippen LogP contribution in [0.3, 0.4) is 0 Å². The van der Waals surface area contributed by atoms with Gasteiger partial charge in [-0.15, -0.1) is 0 Å². The van der Waals surface area contributed by atoms with E-state index in [9.17, 15) is 10.2 Å². The number of fused-ring (bicyclic) bond motifs is 1. The first-order valence-electron chi connectivity index (χ1n) is 7.31. The van der Waals surface area contributed by atoms with Gasteiger partial charge in [0.25, 0.3) is 5.89 Å². The highest BCUT2D eigenvalue weighted by Crippen LogP contribution is 2.36. The molecule has 4 aromatic rings. The van der Waals surface area contributed by atoms with Crippen molar-refractivity contribution >= 4 is 45.8 Å². The first kappa shape index (κ1) is 17.3. The molecule has 9 heteroatoms. The molecule has 0 amide bonds. The molecule has 0 unspecified atom stereocenters. The third kappa shape index (κ3) is 2.96. The van der Waals surface area contributed by atoms with E-state index in [0.29, 0.717) is 32.3 Å². The molecule has 26 heavy (non-hydrogen) atoms. The Kier molecular flexibility index (Phi) is 4.38. The molecule has 2 N–H and O–H groups in total. The largest absolute Gasteiger partial charge is 0.449 e. The van der Waals surface area contributed by atoms with Crippen LogP contribution in [-0.4, -0.2) is 20.4 Å². The fraction of sp³-hybridized carbons (Fsp3) is 0.0588. The van der Waals surface area contributed by atoms with Crippen molar-refractivity contribution in [2.45, 2.75) is 6.29 Å². The Balaban J connectivity index is 1.75. The molecule has 0 aliphatic heterocycles. The molecule has 4 rings (SSSR count). The van der Waals surface area contributed by atoms with Gasteiger partial charge in [-0.05, 0) is 30.3 Å². The molecule has 0 saturated carbocycles. The van der Waals surface area contributed by atoms with Crippen molar-refractivity contribution in [2.24, 2.45) is 0 Å². The minimum Gasteiger partial charge on any atom is -0.449 e. The van der Waals surface area contributed by atoms with Crippen molar-refractivity contribution in [3.8, 4) is 23.0 Å². The molecule has 0 saturated heterocycles. The van der Waals surface area contributed by atoms with Gasteiger partial charge in [-0.2, -0.15) is 4.98 Å². The number of hydrogen-bond acceptors (Lipinski definition) is 6. The molecular weight excluding hydrogens is 403 g/mol. The molecule has 0 spiro atoms. The number of benzene rings is 2. The van der Waals surface area contributed by atoms with Gasteiger partial charge in [0.05, 0.1) is 15.1 Å². The second-order valence-corrected chi connectivity index (χ2v) is 6.64. The second kappa shape index (κ2) is 6.57. The Morgan fingerprint density at radius 3 is 2.38 bits per heavy atom. The van der Waals surface area contributed by atoms with Gasteiger partial charge in [0.15, 0.2) is 17.6 Å². The van der Waals surface area contributed by atoms with Gasteiger partial charge in [-0.3, -0.25) is 0 Å². The van der Waals surface area contributed by atoms with Crippen molar-refractivity contribution in [2.75, 3.05) is 0 Å². The highest BCUT2D eigenvalue weighted by atomic mass is 35.5. The fourth-order valence-corrected chi connectivity index (χ4v) is 3.15. The van der Waals surface area contributed by atoms with Gasteiger partial charge in [0.1, 0.15) is 0 Å². The number of nitrogens with zero attached hydrogens (tertiary/aromatic N) is 2. The molecular formula is C17H9Cl3N2O4. The highest BCUT2D eigenvalue weighted by Gasteiger charge is 2.19. The molecule has 0 aliphatic carbocycles. The number of hydrogen-bond donors (Lipinski definition) is 2. The molecule has 132 valence electrons. The topological polar surface area (TPSA) is 92.5 Å². The summed E-state index contributed by atoms with van der Waals surface area (Å²) in [6.07, 6.45) is -1.62. The minimum absolute atomic E-state index is 0.130. The number of aliphatic hydroxyl groups excluding tert-OH is 1. The molecule has 0 aliphatic rings. The first-order valence-corrected chi connectivity index (χ1v) is 8.45. The Bertz CT molecular complexity index is 1080. The first-order chi connectivity index (χ1) is 12.4. The van der Waals surface area contributed by atoms with Crippen molar-refractivity contribution in [3.05, 3.63) is 57.0 Å². The van der Waals surface area contributed by atoms with Crippen LogP contribution in [0.2, 0.25) is 15.1 Å². The zero-order valence-corrected chi connectivity index (χ0v) is 15.0. The van der Waals surface area contributed by atoms with E-state index in [2.05, 4.69) is 10.1 Å². The lowest BCUT2D eigenvalue weighted by atomic mass is 10.1. The summed E-state index contributed by atoms with van der Waals surface area (Å²) in [4.78, 5) is 4.27. The lowest BCUT2D eigenvalue weighted by Crippen LogP contribution is -1.95. The molecule has 6 nitrogen and oxygen atoms in total. The van der Waals surface area contributed by atoms with Crippen LogP contribution in [0.15, 0.2) is 45.3 Å². The quantitative estimate of drug-likeness (QED) is 0.456. The maximum atomic E-state index is 9.19. The zero-order valence-electron chi connectivity index (χ0n) is 12.8. The van der Waals surface area contributed by atoms with E-state index in [1.165, 1.54) is 12.1 Å². The van der Waals surface area contributed by atoms with Crippen LogP contribution in [0.4, 0.5) is 0 Å². The Morgan fingerprint density at radius 2 is 1.69 bits per heavy atom. The molecule has 0 atom stereocenters. The molecule has 0 fully saturated rings. The number of halogens is 3. The minimum atomic E-state index is -1.62. The van der Waals surface area contributed by atoms with Crippen LogP contribution in [0.25, 0.3) is 34.0 Å². The van der Waals surface area contributed by atoms with E-state index < -0.39 is 6.29 Å². The lowest BCUT2D eigenvalue weighted by Gasteiger charge is -2.05. The number of aliphatic hydroxyl groups is 2. The van der Waals surface area contributed by atoms with E-state index in [1.807, 2.05) is 0 Å². The SMILES string of the molecule is OC(O)c1ccc(-c2noc(-c3cc4c(Cl)ccc(Cl)c4o3)n2)c(Cl)c1. The monoisotopic (exact) mass is 410 g/mol. The summed E-state index contributed by atoms with van der Waals surface area (Å²) < 4.78 is 10.9. The summed E-state index contributed by atoms with van der Waals surface area (Å²) in [5.41, 5.74) is 1.15. The normalized spacial score (nSPS) is 11.6. The average molecular weight is 412 g/mol. The third-order valence-electron chi connectivity index (χ3n) is 3.75. The van der Waals surface area contributed by atoms with Crippen LogP contribution >= 0.6 is 34.8 Å². The summed E-state index contributed by atoms with van der Waals surface area (Å²) >= 11 is 18.4. The van der Waals surface area contributed by atoms with Crippen LogP contribution in [-0.2, 0) is 0 Å². The maximum absolute atomic E-state index is 9.19. The van der Waals surface area contributed by atoms with Crippen molar-refractivity contribution in [1.29, 1.82) is 0 Å². The molecule has 0 bridgehead atoms. The second-order valence-electron chi connectivity index (χ2n) is 5.42. The van der Waals surface area contributed by atoms with Gasteiger partial charge < -0.3 is 19.2 Å². The van der Waals surface area contributed by atoms with Crippen LogP contribution < -0.4 is 0 Å². The summed E-state index contributed by atoms with van der Waals surface area (Å²) in [5.74, 6) is 0.666. The van der Waals surface area contributed by atoms with Gasteiger partial charge >= 0.3 is 0 Å². The van der Waals surface area contributed by atoms with Crippen molar-refractivity contribution in [1.82, 2.24) is 10.1 Å². The lowest BCUT2D eigenvalue weighted by molar-refractivity contribution is -0.0424. The zero-order chi connectivity index (χ0) is 18.4. The van der Waals surface area contributed by atoms with E-state index in [-0.39, 0.29) is 22.3 Å². The third-order valence-corrected chi connectivity index (χ3v) is 4.69. The van der Waals surface area contributed by atoms with Gasteiger partial charge in [0, 0.05) is 16.5 Å². The van der Waals surface area contributed by atoms with Crippen LogP contribution in [0.5, 0.6) is 0 Å². The smallest absolute Gasteiger partial charge is 0.293 e. The summed E-state index contributed by atoms with van der Waals surface area (Å²) in [6.45, 7) is 0. The van der Waals surface area contributed by atoms with Crippen molar-refractivity contribution < 1.29 is 19.2 Å². The predicted octanol–water partition coefficient (Wildman–Crippen LogP) is 5.09. The van der Waals surface area contributed by atoms with E-state index in [0.717, 1.165) is 0 Å². The molecule has 2 aromatic carbocycles. The fourth-order valence-electron chi connectivity index (χ4n) is 2.47. The Morgan fingerprint density at radius 1 is 0.923 bits per heavy atom. The standard InChI is InChI=1S/C17H9Cl3N2O4/c18-10-3-4-11(19)14-9(10)6-13(25-14)16-21-15(22-26-16)8-2-1-7(17(23)24)5-12(8)20/h1-6,17,23-24H. The maximum Gasteiger partial charge on any atom is 0.293 e.